The van der Waals surface area contributed by atoms with Crippen LogP contribution in [0.25, 0.3) is 0 Å². The quantitative estimate of drug-likeness (QED) is 0.378. The average Bonchev–Trinajstić information content (AvgIpc) is 3.12. The lowest BCUT2D eigenvalue weighted by Crippen LogP contribution is -2.42. The molecule has 0 aliphatic carbocycles. The van der Waals surface area contributed by atoms with Crippen LogP contribution < -0.4 is 16.0 Å². The first-order chi connectivity index (χ1) is 13.0. The summed E-state index contributed by atoms with van der Waals surface area (Å²) in [5, 5.41) is 15.7. The average molecular weight is 383 g/mol. The number of aryl methyl sites for hydroxylation is 1. The number of nitrogens with one attached hydrogen (secondary N) is 3. The molecule has 146 valence electrons. The van der Waals surface area contributed by atoms with Gasteiger partial charge in [0.2, 0.25) is 5.91 Å². The van der Waals surface area contributed by atoms with Crippen LogP contribution in [0.4, 0.5) is 18.9 Å². The van der Waals surface area contributed by atoms with E-state index in [2.05, 4.69) is 31.1 Å². The normalized spacial score (nSPS) is 11.4. The first kappa shape index (κ1) is 20.2. The number of halogens is 3. The van der Waals surface area contributed by atoms with Crippen molar-refractivity contribution in [3.05, 3.63) is 41.7 Å². The van der Waals surface area contributed by atoms with E-state index < -0.39 is 29.0 Å². The highest BCUT2D eigenvalue weighted by Gasteiger charge is 2.15. The maximum absolute atomic E-state index is 13.6. The number of nitrogens with zero attached hydrogens (tertiary/aromatic N) is 4. The molecule has 0 aliphatic heterocycles. The molecule has 8 nitrogen and oxygen atoms in total. The number of amides is 1. The number of aromatic nitrogens is 3. The number of guanidine groups is 1. The zero-order chi connectivity index (χ0) is 19.8. The van der Waals surface area contributed by atoms with E-state index in [1.54, 1.807) is 6.33 Å². The molecule has 0 aliphatic rings. The van der Waals surface area contributed by atoms with E-state index in [-0.39, 0.29) is 6.54 Å². The summed E-state index contributed by atoms with van der Waals surface area (Å²) in [6, 6.07) is 1.68. The van der Waals surface area contributed by atoms with Gasteiger partial charge in [0.1, 0.15) is 12.2 Å². The number of anilines is 1. The molecule has 0 spiro atoms. The van der Waals surface area contributed by atoms with Gasteiger partial charge in [-0.1, -0.05) is 6.92 Å². The van der Waals surface area contributed by atoms with Crippen molar-refractivity contribution in [1.82, 2.24) is 25.4 Å². The van der Waals surface area contributed by atoms with Crippen molar-refractivity contribution in [1.29, 1.82) is 0 Å². The molecule has 0 unspecified atom stereocenters. The van der Waals surface area contributed by atoms with Gasteiger partial charge in [0.05, 0.1) is 12.2 Å². The monoisotopic (exact) mass is 383 g/mol. The summed E-state index contributed by atoms with van der Waals surface area (Å²) in [7, 11) is 1.53. The molecule has 0 saturated heterocycles. The van der Waals surface area contributed by atoms with Crippen molar-refractivity contribution >= 4 is 17.6 Å². The summed E-state index contributed by atoms with van der Waals surface area (Å²) in [6.07, 6.45) is 2.38. The summed E-state index contributed by atoms with van der Waals surface area (Å²) in [6.45, 7) is 2.83. The Morgan fingerprint density at radius 2 is 2.00 bits per heavy atom. The van der Waals surface area contributed by atoms with Crippen LogP contribution in [-0.4, -0.2) is 46.8 Å². The van der Waals surface area contributed by atoms with Crippen LogP contribution in [-0.2, 0) is 17.8 Å². The van der Waals surface area contributed by atoms with Gasteiger partial charge in [0.15, 0.2) is 23.4 Å². The number of rotatable bonds is 7. The third-order valence-corrected chi connectivity index (χ3v) is 3.61. The molecule has 0 saturated carbocycles. The molecule has 0 atom stereocenters. The maximum Gasteiger partial charge on any atom is 0.243 e. The Balaban J connectivity index is 1.80. The van der Waals surface area contributed by atoms with Crippen molar-refractivity contribution in [2.45, 2.75) is 19.9 Å². The number of carbonyl (C=O) groups is 1. The predicted molar refractivity (Wildman–Crippen MR) is 93.7 cm³/mol. The SMILES string of the molecule is CCc1nncn1CCNC(=NC)NCC(=O)Nc1ccc(F)c(F)c1F. The van der Waals surface area contributed by atoms with Crippen LogP contribution in [0.2, 0.25) is 0 Å². The minimum Gasteiger partial charge on any atom is -0.355 e. The molecule has 0 fully saturated rings. The zero-order valence-corrected chi connectivity index (χ0v) is 14.9. The Bertz CT molecular complexity index is 822. The predicted octanol–water partition coefficient (Wildman–Crippen LogP) is 1.06. The lowest BCUT2D eigenvalue weighted by Gasteiger charge is -2.13. The van der Waals surface area contributed by atoms with Crippen LogP contribution in [0, 0.1) is 17.5 Å². The molecule has 2 aromatic rings. The number of benzene rings is 1. The van der Waals surface area contributed by atoms with Crippen molar-refractivity contribution in [3.63, 3.8) is 0 Å². The van der Waals surface area contributed by atoms with Crippen LogP contribution in [0.3, 0.4) is 0 Å². The Morgan fingerprint density at radius 1 is 1.22 bits per heavy atom. The third kappa shape index (κ3) is 5.43. The molecule has 1 amide bonds. The van der Waals surface area contributed by atoms with Gasteiger partial charge in [-0.05, 0) is 12.1 Å². The Hall–Kier alpha value is -3.11. The minimum absolute atomic E-state index is 0.245. The van der Waals surface area contributed by atoms with Crippen LogP contribution >= 0.6 is 0 Å². The zero-order valence-electron chi connectivity index (χ0n) is 14.9. The number of hydrogen-bond acceptors (Lipinski definition) is 4. The highest BCUT2D eigenvalue weighted by Crippen LogP contribution is 2.19. The summed E-state index contributed by atoms with van der Waals surface area (Å²) in [5.41, 5.74) is -0.441. The summed E-state index contributed by atoms with van der Waals surface area (Å²) in [5.74, 6) is -3.86. The fourth-order valence-electron chi connectivity index (χ4n) is 2.24. The van der Waals surface area contributed by atoms with Gasteiger partial charge in [-0.3, -0.25) is 9.79 Å². The van der Waals surface area contributed by atoms with E-state index in [1.807, 2.05) is 11.5 Å². The second kappa shape index (κ2) is 9.55. The van der Waals surface area contributed by atoms with E-state index >= 15 is 0 Å². The lowest BCUT2D eigenvalue weighted by atomic mass is 10.2. The Morgan fingerprint density at radius 3 is 2.70 bits per heavy atom. The molecule has 0 radical (unpaired) electrons. The molecule has 27 heavy (non-hydrogen) atoms. The van der Waals surface area contributed by atoms with E-state index in [4.69, 9.17) is 0 Å². The second-order valence-electron chi connectivity index (χ2n) is 5.42. The fourth-order valence-corrected chi connectivity index (χ4v) is 2.24. The number of hydrogen-bond donors (Lipinski definition) is 3. The van der Waals surface area contributed by atoms with Gasteiger partial charge in [-0.25, -0.2) is 13.2 Å². The molecule has 1 aromatic heterocycles. The summed E-state index contributed by atoms with van der Waals surface area (Å²) < 4.78 is 41.5. The first-order valence-electron chi connectivity index (χ1n) is 8.20. The first-order valence-corrected chi connectivity index (χ1v) is 8.20. The van der Waals surface area contributed by atoms with Crippen molar-refractivity contribution in [2.75, 3.05) is 25.5 Å². The number of aliphatic imine (C=N–C) groups is 1. The Kier molecular flexibility index (Phi) is 7.15. The van der Waals surface area contributed by atoms with Crippen LogP contribution in [0.5, 0.6) is 0 Å². The summed E-state index contributed by atoms with van der Waals surface area (Å²) in [4.78, 5) is 15.8. The van der Waals surface area contributed by atoms with Gasteiger partial charge >= 0.3 is 0 Å². The molecule has 1 aromatic carbocycles. The Labute approximate surface area is 153 Å². The van der Waals surface area contributed by atoms with E-state index in [0.29, 0.717) is 19.0 Å². The molecule has 0 bridgehead atoms. The third-order valence-electron chi connectivity index (χ3n) is 3.61. The topological polar surface area (TPSA) is 96.2 Å². The molecule has 3 N–H and O–H groups in total. The maximum atomic E-state index is 13.6. The van der Waals surface area contributed by atoms with Gasteiger partial charge < -0.3 is 20.5 Å². The second-order valence-corrected chi connectivity index (χ2v) is 5.42. The van der Waals surface area contributed by atoms with Gasteiger partial charge in [0.25, 0.3) is 0 Å². The highest BCUT2D eigenvalue weighted by atomic mass is 19.2. The summed E-state index contributed by atoms with van der Waals surface area (Å²) >= 11 is 0. The molecule has 1 heterocycles. The van der Waals surface area contributed by atoms with Crippen LogP contribution in [0.1, 0.15) is 12.7 Å². The van der Waals surface area contributed by atoms with Gasteiger partial charge in [-0.15, -0.1) is 10.2 Å². The minimum atomic E-state index is -1.64. The van der Waals surface area contributed by atoms with E-state index in [1.165, 1.54) is 7.05 Å². The van der Waals surface area contributed by atoms with E-state index in [0.717, 1.165) is 24.4 Å². The largest absolute Gasteiger partial charge is 0.355 e. The molecule has 2 rings (SSSR count). The fraction of sp³-hybridized carbons (Fsp3) is 0.375. The van der Waals surface area contributed by atoms with Crippen molar-refractivity contribution < 1.29 is 18.0 Å². The van der Waals surface area contributed by atoms with Gasteiger partial charge in [-0.2, -0.15) is 0 Å². The molecular weight excluding hydrogens is 363 g/mol. The van der Waals surface area contributed by atoms with Gasteiger partial charge in [0, 0.05) is 26.6 Å². The van der Waals surface area contributed by atoms with Crippen molar-refractivity contribution in [3.8, 4) is 0 Å². The van der Waals surface area contributed by atoms with Crippen LogP contribution in [0.15, 0.2) is 23.5 Å². The van der Waals surface area contributed by atoms with E-state index in [9.17, 15) is 18.0 Å². The lowest BCUT2D eigenvalue weighted by molar-refractivity contribution is -0.115. The highest BCUT2D eigenvalue weighted by molar-refractivity contribution is 5.95. The molecular formula is C16H20F3N7O. The smallest absolute Gasteiger partial charge is 0.243 e. The standard InChI is InChI=1S/C16H20F3N7O/c1-3-12-25-23-9-26(12)7-6-21-16(20-2)22-8-13(27)24-11-5-4-10(17)14(18)15(11)19/h4-5,9H,3,6-8H2,1-2H3,(H,24,27)(H2,20,21,22). The number of carbonyl (C=O) groups excluding carboxylic acids is 1. The molecule has 11 heteroatoms. The van der Waals surface area contributed by atoms with Crippen molar-refractivity contribution in [2.24, 2.45) is 4.99 Å².